The van der Waals surface area contributed by atoms with E-state index in [1.807, 2.05) is 12.1 Å². The molecule has 0 aliphatic carbocycles. The summed E-state index contributed by atoms with van der Waals surface area (Å²) in [5.74, 6) is 0.353. The normalized spacial score (nSPS) is 25.3. The molecule has 1 amide bonds. The Hall–Kier alpha value is -2.21. The second-order valence-corrected chi connectivity index (χ2v) is 10.9. The van der Waals surface area contributed by atoms with Crippen molar-refractivity contribution in [3.8, 4) is 5.75 Å². The van der Waals surface area contributed by atoms with E-state index in [9.17, 15) is 12.5 Å². The average Bonchev–Trinajstić information content (AvgIpc) is 3.23. The number of ether oxygens (including phenoxy) is 2. The third-order valence-corrected chi connectivity index (χ3v) is 9.30. The summed E-state index contributed by atoms with van der Waals surface area (Å²) >= 11 is -4.60. The zero-order valence-electron chi connectivity index (χ0n) is 14.2. The van der Waals surface area contributed by atoms with Gasteiger partial charge in [0.05, 0.1) is 0 Å². The number of carbonyl (C=O) groups excluding carboxylic acids is 1. The van der Waals surface area contributed by atoms with Crippen LogP contribution < -0.4 is 9.20 Å². The van der Waals surface area contributed by atoms with Gasteiger partial charge in [0.25, 0.3) is 0 Å². The van der Waals surface area contributed by atoms with Crippen LogP contribution in [0.15, 0.2) is 54.6 Å². The molecule has 0 N–H and O–H groups in total. The van der Waals surface area contributed by atoms with Crippen molar-refractivity contribution in [3.63, 3.8) is 0 Å². The van der Waals surface area contributed by atoms with E-state index in [1.165, 1.54) is 0 Å². The minimum atomic E-state index is -4.60. The SMILES string of the molecule is COc1ccc(C2OC[C@@H]3CC([Se](=O)(=O)c4ccccc4)C(=O)N23)cc1. The quantitative estimate of drug-likeness (QED) is 0.707. The molecule has 2 heterocycles. The fraction of sp³-hybridized carbons (Fsp3) is 0.316. The summed E-state index contributed by atoms with van der Waals surface area (Å²) in [5, 5.41) is 0. The van der Waals surface area contributed by atoms with E-state index in [0.717, 1.165) is 5.56 Å². The van der Waals surface area contributed by atoms with Gasteiger partial charge in [0, 0.05) is 0 Å². The van der Waals surface area contributed by atoms with Crippen molar-refractivity contribution in [2.75, 3.05) is 13.7 Å². The Kier molecular flexibility index (Phi) is 4.31. The number of carbonyl (C=O) groups is 1. The topological polar surface area (TPSA) is 72.9 Å². The van der Waals surface area contributed by atoms with Crippen LogP contribution in [0.4, 0.5) is 0 Å². The Morgan fingerprint density at radius 3 is 2.42 bits per heavy atom. The Labute approximate surface area is 153 Å². The van der Waals surface area contributed by atoms with Gasteiger partial charge in [-0.3, -0.25) is 0 Å². The first-order chi connectivity index (χ1) is 12.5. The van der Waals surface area contributed by atoms with Gasteiger partial charge >= 0.3 is 153 Å². The monoisotopic (exact) mass is 421 g/mol. The summed E-state index contributed by atoms with van der Waals surface area (Å²) in [6.07, 6.45) is -0.264. The Morgan fingerprint density at radius 2 is 1.77 bits per heavy atom. The molecule has 2 fully saturated rings. The average molecular weight is 420 g/mol. The molecular formula is C19H19NO5Se. The van der Waals surface area contributed by atoms with Crippen molar-refractivity contribution < 1.29 is 21.9 Å². The van der Waals surface area contributed by atoms with E-state index in [1.54, 1.807) is 54.5 Å². The molecular weight excluding hydrogens is 401 g/mol. The first-order valence-electron chi connectivity index (χ1n) is 8.39. The summed E-state index contributed by atoms with van der Waals surface area (Å²) in [4.78, 5) is 13.6. The molecule has 6 nitrogen and oxygen atoms in total. The number of rotatable bonds is 4. The van der Waals surface area contributed by atoms with Crippen LogP contribution >= 0.6 is 0 Å². The molecule has 2 aromatic carbocycles. The van der Waals surface area contributed by atoms with Crippen molar-refractivity contribution in [1.82, 2.24) is 4.90 Å². The van der Waals surface area contributed by atoms with Gasteiger partial charge in [0.15, 0.2) is 0 Å². The Balaban J connectivity index is 1.62. The van der Waals surface area contributed by atoms with Crippen LogP contribution in [-0.2, 0) is 17.2 Å². The Morgan fingerprint density at radius 1 is 1.08 bits per heavy atom. The van der Waals surface area contributed by atoms with E-state index in [0.29, 0.717) is 12.4 Å². The fourth-order valence-corrected chi connectivity index (χ4v) is 7.23. The summed E-state index contributed by atoms with van der Waals surface area (Å²) in [6, 6.07) is 15.3. The predicted molar refractivity (Wildman–Crippen MR) is 93.9 cm³/mol. The molecule has 2 aliphatic rings. The molecule has 7 heteroatoms. The summed E-state index contributed by atoms with van der Waals surface area (Å²) < 4.78 is 37.1. The zero-order valence-corrected chi connectivity index (χ0v) is 16.0. The van der Waals surface area contributed by atoms with E-state index in [-0.39, 0.29) is 22.8 Å². The summed E-state index contributed by atoms with van der Waals surface area (Å²) in [7, 11) is 1.59. The number of benzene rings is 2. The third-order valence-electron chi connectivity index (χ3n) is 4.96. The maximum absolute atomic E-state index is 13.0. The van der Waals surface area contributed by atoms with Crippen molar-refractivity contribution in [1.29, 1.82) is 0 Å². The van der Waals surface area contributed by atoms with E-state index in [4.69, 9.17) is 9.47 Å². The number of hydrogen-bond donors (Lipinski definition) is 0. The van der Waals surface area contributed by atoms with Crippen molar-refractivity contribution >= 4 is 23.1 Å². The number of fused-ring (bicyclic) bond motifs is 1. The minimum absolute atomic E-state index is 0.206. The van der Waals surface area contributed by atoms with Gasteiger partial charge in [-0.25, -0.2) is 0 Å². The third kappa shape index (κ3) is 2.72. The number of hydrogen-bond acceptors (Lipinski definition) is 5. The van der Waals surface area contributed by atoms with Crippen molar-refractivity contribution in [2.45, 2.75) is 23.5 Å². The molecule has 26 heavy (non-hydrogen) atoms. The van der Waals surface area contributed by atoms with Crippen molar-refractivity contribution in [2.24, 2.45) is 0 Å². The van der Waals surface area contributed by atoms with Crippen LogP contribution in [0.3, 0.4) is 0 Å². The van der Waals surface area contributed by atoms with Gasteiger partial charge in [-0.15, -0.1) is 0 Å². The first kappa shape index (κ1) is 17.2. The predicted octanol–water partition coefficient (Wildman–Crippen LogP) is 1.91. The van der Waals surface area contributed by atoms with Crippen LogP contribution in [0.5, 0.6) is 5.75 Å². The molecule has 0 aromatic heterocycles. The van der Waals surface area contributed by atoms with Crippen LogP contribution in [-0.4, -0.2) is 43.3 Å². The summed E-state index contributed by atoms with van der Waals surface area (Å²) in [6.45, 7) is 0.348. The molecule has 0 spiro atoms. The number of amides is 1. The molecule has 136 valence electrons. The van der Waals surface area contributed by atoms with E-state index >= 15 is 0 Å². The Bertz CT molecular complexity index is 911. The van der Waals surface area contributed by atoms with E-state index < -0.39 is 23.8 Å². The molecule has 4 rings (SSSR count). The fourth-order valence-electron chi connectivity index (χ4n) is 3.60. The molecule has 0 radical (unpaired) electrons. The number of methoxy groups -OCH3 is 1. The second-order valence-electron chi connectivity index (χ2n) is 6.44. The van der Waals surface area contributed by atoms with Gasteiger partial charge in [-0.1, -0.05) is 0 Å². The second kappa shape index (κ2) is 6.50. The van der Waals surface area contributed by atoms with Gasteiger partial charge in [0.1, 0.15) is 0 Å². The van der Waals surface area contributed by atoms with Crippen LogP contribution in [0.25, 0.3) is 0 Å². The van der Waals surface area contributed by atoms with Crippen molar-refractivity contribution in [3.05, 3.63) is 60.2 Å². The van der Waals surface area contributed by atoms with Gasteiger partial charge < -0.3 is 0 Å². The summed E-state index contributed by atoms with van der Waals surface area (Å²) in [5.41, 5.74) is 0.813. The molecule has 2 aromatic rings. The molecule has 0 saturated carbocycles. The van der Waals surface area contributed by atoms with Gasteiger partial charge in [0.2, 0.25) is 0 Å². The zero-order chi connectivity index (χ0) is 18.3. The molecule has 2 saturated heterocycles. The van der Waals surface area contributed by atoms with Crippen LogP contribution in [0.2, 0.25) is 4.82 Å². The first-order valence-corrected chi connectivity index (χ1v) is 11.6. The molecule has 2 aliphatic heterocycles. The van der Waals surface area contributed by atoms with Gasteiger partial charge in [-0.05, 0) is 0 Å². The van der Waals surface area contributed by atoms with Crippen LogP contribution in [0, 0.1) is 0 Å². The molecule has 2 unspecified atom stereocenters. The maximum atomic E-state index is 13.0. The standard InChI is InChI=1S/C19H19NO5Se/c1-24-15-9-7-13(8-10-15)19-20-14(12-25-19)11-17(18(20)21)26(22,23)16-5-3-2-4-6-16/h2-10,14,17,19H,11-12H2,1H3/t14-,17?,19?/m0/s1. The molecule has 0 bridgehead atoms. The van der Waals surface area contributed by atoms with Crippen LogP contribution in [0.1, 0.15) is 18.2 Å². The van der Waals surface area contributed by atoms with Gasteiger partial charge in [-0.2, -0.15) is 0 Å². The number of nitrogens with zero attached hydrogens (tertiary/aromatic N) is 1. The molecule has 3 atom stereocenters. The van der Waals surface area contributed by atoms with E-state index in [2.05, 4.69) is 0 Å².